The summed E-state index contributed by atoms with van der Waals surface area (Å²) < 4.78 is 4.85. The highest BCUT2D eigenvalue weighted by atomic mass is 16.5. The van der Waals surface area contributed by atoms with Gasteiger partial charge >= 0.3 is 6.01 Å². The predicted molar refractivity (Wildman–Crippen MR) is 67.6 cm³/mol. The van der Waals surface area contributed by atoms with E-state index in [2.05, 4.69) is 10.1 Å². The van der Waals surface area contributed by atoms with Crippen LogP contribution in [0.1, 0.15) is 50.8 Å². The van der Waals surface area contributed by atoms with E-state index in [1.165, 1.54) is 44.9 Å². The predicted octanol–water partition coefficient (Wildman–Crippen LogP) is 2.80. The van der Waals surface area contributed by atoms with Crippen molar-refractivity contribution >= 4 is 6.01 Å². The Hall–Kier alpha value is -1.06. The van der Waals surface area contributed by atoms with Crippen molar-refractivity contribution in [2.24, 2.45) is 23.2 Å². The molecule has 4 saturated carbocycles. The number of nitrogens with zero attached hydrogens (tertiary/aromatic N) is 2. The van der Waals surface area contributed by atoms with Crippen molar-refractivity contribution < 1.29 is 4.52 Å². The fraction of sp³-hybridized carbons (Fsp3) is 0.857. The Morgan fingerprint density at radius 1 is 1.11 bits per heavy atom. The molecule has 4 bridgehead atoms. The van der Waals surface area contributed by atoms with Gasteiger partial charge in [0.25, 0.3) is 0 Å². The minimum atomic E-state index is 0.204. The van der Waals surface area contributed by atoms with Gasteiger partial charge < -0.3 is 10.3 Å². The lowest BCUT2D eigenvalue weighted by Gasteiger charge is -2.57. The fourth-order valence-electron chi connectivity index (χ4n) is 5.34. The van der Waals surface area contributed by atoms with Gasteiger partial charge in [-0.05, 0) is 68.1 Å². The van der Waals surface area contributed by atoms with Crippen LogP contribution in [0.2, 0.25) is 0 Å². The molecule has 0 unspecified atom stereocenters. The summed E-state index contributed by atoms with van der Waals surface area (Å²) in [6.07, 6.45) is 11.0. The summed E-state index contributed by atoms with van der Waals surface area (Å²) >= 11 is 0. The molecule has 4 nitrogen and oxygen atoms in total. The molecule has 98 valence electrons. The molecule has 1 heterocycles. The summed E-state index contributed by atoms with van der Waals surface area (Å²) in [6.45, 7) is 0. The number of anilines is 1. The van der Waals surface area contributed by atoms with Gasteiger partial charge in [-0.25, -0.2) is 0 Å². The first-order valence-corrected chi connectivity index (χ1v) is 7.29. The molecule has 0 aliphatic heterocycles. The van der Waals surface area contributed by atoms with Crippen LogP contribution in [-0.4, -0.2) is 10.1 Å². The number of aryl methyl sites for hydroxylation is 1. The third kappa shape index (κ3) is 1.73. The van der Waals surface area contributed by atoms with Crippen LogP contribution in [0.4, 0.5) is 6.01 Å². The molecule has 1 aromatic heterocycles. The first kappa shape index (κ1) is 10.8. The smallest absolute Gasteiger partial charge is 0.318 e. The van der Waals surface area contributed by atoms with Crippen LogP contribution in [0.25, 0.3) is 0 Å². The molecular formula is C14H21N3O. The SMILES string of the molecule is Nc1nc(CCC23CC4CC(CC(C4)C2)C3)no1. The monoisotopic (exact) mass is 247 g/mol. The Kier molecular flexibility index (Phi) is 2.24. The molecule has 4 aliphatic carbocycles. The van der Waals surface area contributed by atoms with Crippen molar-refractivity contribution in [1.29, 1.82) is 0 Å². The molecule has 18 heavy (non-hydrogen) atoms. The van der Waals surface area contributed by atoms with Gasteiger partial charge in [-0.3, -0.25) is 0 Å². The quantitative estimate of drug-likeness (QED) is 0.892. The van der Waals surface area contributed by atoms with Gasteiger partial charge in [0.2, 0.25) is 0 Å². The Balaban J connectivity index is 1.47. The molecule has 5 rings (SSSR count). The third-order valence-corrected chi connectivity index (χ3v) is 5.53. The number of hydrogen-bond donors (Lipinski definition) is 1. The van der Waals surface area contributed by atoms with E-state index < -0.39 is 0 Å². The first-order chi connectivity index (χ1) is 8.71. The Morgan fingerprint density at radius 2 is 1.72 bits per heavy atom. The zero-order chi connectivity index (χ0) is 12.2. The van der Waals surface area contributed by atoms with Gasteiger partial charge in [0.05, 0.1) is 0 Å². The number of nitrogen functional groups attached to an aromatic ring is 1. The van der Waals surface area contributed by atoms with Crippen LogP contribution in [0.5, 0.6) is 0 Å². The van der Waals surface area contributed by atoms with Crippen LogP contribution < -0.4 is 5.73 Å². The molecule has 4 fully saturated rings. The molecule has 1 aromatic rings. The molecule has 2 N–H and O–H groups in total. The molecule has 0 amide bonds. The summed E-state index contributed by atoms with van der Waals surface area (Å²) in [5.41, 5.74) is 6.08. The van der Waals surface area contributed by atoms with E-state index in [-0.39, 0.29) is 6.01 Å². The van der Waals surface area contributed by atoms with E-state index in [1.54, 1.807) is 0 Å². The number of aromatic nitrogens is 2. The molecule has 0 aromatic carbocycles. The zero-order valence-electron chi connectivity index (χ0n) is 10.8. The minimum Gasteiger partial charge on any atom is -0.351 e. The van der Waals surface area contributed by atoms with Gasteiger partial charge in [-0.2, -0.15) is 4.98 Å². The second-order valence-corrected chi connectivity index (χ2v) is 6.97. The van der Waals surface area contributed by atoms with Crippen molar-refractivity contribution in [3.05, 3.63) is 5.82 Å². The van der Waals surface area contributed by atoms with Gasteiger partial charge in [0.1, 0.15) is 0 Å². The van der Waals surface area contributed by atoms with Crippen molar-refractivity contribution in [2.45, 2.75) is 51.4 Å². The Morgan fingerprint density at radius 3 is 2.22 bits per heavy atom. The second kappa shape index (κ2) is 3.72. The Bertz CT molecular complexity index is 418. The van der Waals surface area contributed by atoms with Gasteiger partial charge in [-0.15, -0.1) is 0 Å². The summed E-state index contributed by atoms with van der Waals surface area (Å²) in [6, 6.07) is 0.204. The van der Waals surface area contributed by atoms with Crippen molar-refractivity contribution in [3.63, 3.8) is 0 Å². The minimum absolute atomic E-state index is 0.204. The van der Waals surface area contributed by atoms with E-state index in [0.717, 1.165) is 30.0 Å². The summed E-state index contributed by atoms with van der Waals surface area (Å²) in [5.74, 6) is 3.85. The average molecular weight is 247 g/mol. The number of nitrogens with two attached hydrogens (primary N) is 1. The van der Waals surface area contributed by atoms with Crippen molar-refractivity contribution in [2.75, 3.05) is 5.73 Å². The van der Waals surface area contributed by atoms with Gasteiger partial charge in [-0.1, -0.05) is 5.16 Å². The first-order valence-electron chi connectivity index (χ1n) is 7.29. The lowest BCUT2D eigenvalue weighted by Crippen LogP contribution is -2.46. The maximum absolute atomic E-state index is 5.47. The highest BCUT2D eigenvalue weighted by Crippen LogP contribution is 2.61. The largest absolute Gasteiger partial charge is 0.351 e. The third-order valence-electron chi connectivity index (χ3n) is 5.53. The maximum Gasteiger partial charge on any atom is 0.318 e. The van der Waals surface area contributed by atoms with E-state index in [9.17, 15) is 0 Å². The molecule has 4 heteroatoms. The van der Waals surface area contributed by atoms with Crippen LogP contribution in [0.15, 0.2) is 4.52 Å². The van der Waals surface area contributed by atoms with E-state index >= 15 is 0 Å². The van der Waals surface area contributed by atoms with Crippen molar-refractivity contribution in [3.8, 4) is 0 Å². The van der Waals surface area contributed by atoms with Crippen LogP contribution in [0, 0.1) is 23.2 Å². The zero-order valence-corrected chi connectivity index (χ0v) is 10.8. The van der Waals surface area contributed by atoms with E-state index in [0.29, 0.717) is 5.41 Å². The summed E-state index contributed by atoms with van der Waals surface area (Å²) in [5, 5.41) is 3.92. The molecular weight excluding hydrogens is 226 g/mol. The van der Waals surface area contributed by atoms with E-state index in [1.807, 2.05) is 0 Å². The highest BCUT2D eigenvalue weighted by Gasteiger charge is 2.50. The number of rotatable bonds is 3. The topological polar surface area (TPSA) is 64.9 Å². The Labute approximate surface area is 107 Å². The summed E-state index contributed by atoms with van der Waals surface area (Å²) in [4.78, 5) is 4.13. The lowest BCUT2D eigenvalue weighted by atomic mass is 9.48. The van der Waals surface area contributed by atoms with Crippen LogP contribution in [0.3, 0.4) is 0 Å². The summed E-state index contributed by atoms with van der Waals surface area (Å²) in [7, 11) is 0. The highest BCUT2D eigenvalue weighted by molar-refractivity contribution is 5.08. The molecule has 0 radical (unpaired) electrons. The molecule has 0 spiro atoms. The van der Waals surface area contributed by atoms with Crippen LogP contribution >= 0.6 is 0 Å². The average Bonchev–Trinajstić information content (AvgIpc) is 2.71. The number of hydrogen-bond acceptors (Lipinski definition) is 4. The van der Waals surface area contributed by atoms with Crippen molar-refractivity contribution in [1.82, 2.24) is 10.1 Å². The molecule has 0 atom stereocenters. The van der Waals surface area contributed by atoms with Crippen LogP contribution in [-0.2, 0) is 6.42 Å². The standard InChI is InChI=1S/C14H21N3O/c15-13-16-12(17-18-13)1-2-14-6-9-3-10(7-14)5-11(4-9)8-14/h9-11H,1-8H2,(H2,15,16,17). The van der Waals surface area contributed by atoms with Gasteiger partial charge in [0, 0.05) is 6.42 Å². The van der Waals surface area contributed by atoms with Gasteiger partial charge in [0.15, 0.2) is 5.82 Å². The molecule has 0 saturated heterocycles. The fourth-order valence-corrected chi connectivity index (χ4v) is 5.34. The molecule has 4 aliphatic rings. The van der Waals surface area contributed by atoms with E-state index in [4.69, 9.17) is 10.3 Å². The maximum atomic E-state index is 5.47. The second-order valence-electron chi connectivity index (χ2n) is 6.97. The normalized spacial score (nSPS) is 41.4. The lowest BCUT2D eigenvalue weighted by molar-refractivity contribution is -0.0572.